The van der Waals surface area contributed by atoms with Gasteiger partial charge < -0.3 is 9.84 Å². The van der Waals surface area contributed by atoms with Crippen molar-refractivity contribution in [3.05, 3.63) is 98.4 Å². The zero-order valence-electron chi connectivity index (χ0n) is 17.9. The Hall–Kier alpha value is -3.26. The van der Waals surface area contributed by atoms with Crippen LogP contribution < -0.4 is 4.74 Å². The molecule has 1 aliphatic heterocycles. The number of aliphatic imine (C=N–C) groups is 1. The lowest BCUT2D eigenvalue weighted by Gasteiger charge is -2.10. The van der Waals surface area contributed by atoms with E-state index in [1.54, 1.807) is 37.4 Å². The van der Waals surface area contributed by atoms with E-state index in [0.29, 0.717) is 31.6 Å². The summed E-state index contributed by atoms with van der Waals surface area (Å²) in [7, 11) is 1.65. The van der Waals surface area contributed by atoms with Crippen molar-refractivity contribution in [2.24, 2.45) is 4.99 Å². The van der Waals surface area contributed by atoms with Crippen LogP contribution in [0.5, 0.6) is 5.75 Å². The van der Waals surface area contributed by atoms with Gasteiger partial charge in [0.05, 0.1) is 26.2 Å². The molecule has 0 aromatic heterocycles. The molecule has 0 radical (unpaired) electrons. The number of hydrogen-bond acceptors (Lipinski definition) is 5. The van der Waals surface area contributed by atoms with Crippen molar-refractivity contribution in [3.63, 3.8) is 0 Å². The number of rotatable bonds is 6. The zero-order valence-corrected chi connectivity index (χ0v) is 20.2. The monoisotopic (exact) mass is 512 g/mol. The van der Waals surface area contributed by atoms with Crippen molar-refractivity contribution in [2.75, 3.05) is 7.05 Å². The molecule has 1 amide bonds. The van der Waals surface area contributed by atoms with E-state index in [9.17, 15) is 9.59 Å². The summed E-state index contributed by atoms with van der Waals surface area (Å²) in [5, 5.41) is 10.5. The number of amides is 1. The number of carboxylic acids is 1. The summed E-state index contributed by atoms with van der Waals surface area (Å²) in [6.07, 6.45) is 1.77. The molecule has 0 unspecified atom stereocenters. The predicted molar refractivity (Wildman–Crippen MR) is 136 cm³/mol. The quantitative estimate of drug-likeness (QED) is 0.381. The molecule has 172 valence electrons. The molecule has 0 spiro atoms. The van der Waals surface area contributed by atoms with Crippen LogP contribution in [0.15, 0.2) is 76.6 Å². The van der Waals surface area contributed by atoms with Crippen LogP contribution in [-0.4, -0.2) is 34.1 Å². The molecule has 0 bridgehead atoms. The van der Waals surface area contributed by atoms with Crippen molar-refractivity contribution in [3.8, 4) is 5.75 Å². The number of benzene rings is 3. The molecule has 0 aliphatic carbocycles. The lowest BCUT2D eigenvalue weighted by Crippen LogP contribution is -2.23. The van der Waals surface area contributed by atoms with Gasteiger partial charge in [0, 0.05) is 12.6 Å². The molecule has 1 N–H and O–H groups in total. The van der Waals surface area contributed by atoms with Crippen LogP contribution in [0.1, 0.15) is 21.5 Å². The molecule has 1 aliphatic rings. The number of thioether (sulfide) groups is 1. The molecular weight excluding hydrogens is 495 g/mol. The first-order valence-electron chi connectivity index (χ1n) is 10.1. The highest BCUT2D eigenvalue weighted by atomic mass is 35.5. The number of likely N-dealkylation sites (N-methyl/N-ethyl adjacent to an activating group) is 1. The standard InChI is InChI=1S/C25H18Cl2N2O4S/c1-29-23(30)22(34-25(29)28-18-9-7-16(8-10-18)24(31)32)13-17-4-2-3-5-21(17)33-14-15-6-11-19(26)20(27)12-15/h2-13H,14H2,1H3,(H,31,32)/b22-13+,28-25?. The van der Waals surface area contributed by atoms with Gasteiger partial charge in [0.1, 0.15) is 12.4 Å². The first-order valence-corrected chi connectivity index (χ1v) is 11.6. The van der Waals surface area contributed by atoms with Gasteiger partial charge in [0.25, 0.3) is 5.91 Å². The van der Waals surface area contributed by atoms with E-state index >= 15 is 0 Å². The van der Waals surface area contributed by atoms with Crippen molar-refractivity contribution >= 4 is 63.8 Å². The summed E-state index contributed by atoms with van der Waals surface area (Å²) in [6.45, 7) is 0.289. The Morgan fingerprint density at radius 3 is 2.53 bits per heavy atom. The number of nitrogens with zero attached hydrogens (tertiary/aromatic N) is 2. The third-order valence-electron chi connectivity index (χ3n) is 4.93. The highest BCUT2D eigenvalue weighted by molar-refractivity contribution is 8.18. The van der Waals surface area contributed by atoms with Gasteiger partial charge in [-0.15, -0.1) is 0 Å². The minimum Gasteiger partial charge on any atom is -0.488 e. The van der Waals surface area contributed by atoms with Crippen LogP contribution in [0.2, 0.25) is 10.0 Å². The zero-order chi connectivity index (χ0) is 24.2. The van der Waals surface area contributed by atoms with Crippen molar-refractivity contribution < 1.29 is 19.4 Å². The Bertz CT molecular complexity index is 1320. The highest BCUT2D eigenvalue weighted by Crippen LogP contribution is 2.35. The van der Waals surface area contributed by atoms with E-state index in [1.807, 2.05) is 30.3 Å². The molecule has 1 saturated heterocycles. The van der Waals surface area contributed by atoms with Gasteiger partial charge in [0.2, 0.25) is 0 Å². The van der Waals surface area contributed by atoms with Crippen LogP contribution in [0.4, 0.5) is 5.69 Å². The van der Waals surface area contributed by atoms with Crippen LogP contribution >= 0.6 is 35.0 Å². The first-order chi connectivity index (χ1) is 16.3. The summed E-state index contributed by atoms with van der Waals surface area (Å²) >= 11 is 13.3. The number of carbonyl (C=O) groups is 2. The summed E-state index contributed by atoms with van der Waals surface area (Å²) < 4.78 is 5.98. The van der Waals surface area contributed by atoms with Gasteiger partial charge in [0.15, 0.2) is 5.17 Å². The Morgan fingerprint density at radius 1 is 1.09 bits per heavy atom. The van der Waals surface area contributed by atoms with E-state index in [-0.39, 0.29) is 18.1 Å². The van der Waals surface area contributed by atoms with Crippen molar-refractivity contribution in [1.82, 2.24) is 4.90 Å². The second-order valence-corrected chi connectivity index (χ2v) is 9.12. The maximum absolute atomic E-state index is 12.8. The smallest absolute Gasteiger partial charge is 0.335 e. The van der Waals surface area contributed by atoms with Crippen molar-refractivity contribution in [2.45, 2.75) is 6.61 Å². The first kappa shape index (κ1) is 23.9. The maximum atomic E-state index is 12.8. The van der Waals surface area contributed by atoms with E-state index in [1.165, 1.54) is 28.8 Å². The van der Waals surface area contributed by atoms with Gasteiger partial charge in [-0.3, -0.25) is 9.69 Å². The Morgan fingerprint density at radius 2 is 1.82 bits per heavy atom. The molecule has 0 atom stereocenters. The van der Waals surface area contributed by atoms with Gasteiger partial charge in [-0.1, -0.05) is 47.5 Å². The van der Waals surface area contributed by atoms with E-state index < -0.39 is 5.97 Å². The molecule has 4 rings (SSSR count). The average molecular weight is 513 g/mol. The summed E-state index contributed by atoms with van der Waals surface area (Å²) in [4.78, 5) is 30.3. The van der Waals surface area contributed by atoms with Crippen molar-refractivity contribution in [1.29, 1.82) is 0 Å². The van der Waals surface area contributed by atoms with Crippen LogP contribution in [0.25, 0.3) is 6.08 Å². The lowest BCUT2D eigenvalue weighted by molar-refractivity contribution is -0.121. The number of carbonyl (C=O) groups excluding carboxylic acids is 1. The fourth-order valence-corrected chi connectivity index (χ4v) is 4.40. The molecule has 1 fully saturated rings. The number of ether oxygens (including phenoxy) is 1. The minimum atomic E-state index is -1.01. The SMILES string of the molecule is CN1C(=O)/C(=C\c2ccccc2OCc2ccc(Cl)c(Cl)c2)SC1=Nc1ccc(C(=O)O)cc1. The summed E-state index contributed by atoms with van der Waals surface area (Å²) in [5.74, 6) is -0.580. The summed E-state index contributed by atoms with van der Waals surface area (Å²) in [6, 6.07) is 18.9. The van der Waals surface area contributed by atoms with E-state index in [2.05, 4.69) is 4.99 Å². The summed E-state index contributed by atoms with van der Waals surface area (Å²) in [5.41, 5.74) is 2.34. The molecule has 0 saturated carbocycles. The highest BCUT2D eigenvalue weighted by Gasteiger charge is 2.30. The maximum Gasteiger partial charge on any atom is 0.335 e. The third kappa shape index (κ3) is 5.44. The Kier molecular flexibility index (Phi) is 7.26. The fraction of sp³-hybridized carbons (Fsp3) is 0.0800. The van der Waals surface area contributed by atoms with E-state index in [0.717, 1.165) is 11.1 Å². The second-order valence-electron chi connectivity index (χ2n) is 7.30. The Balaban J connectivity index is 1.54. The predicted octanol–water partition coefficient (Wildman–Crippen LogP) is 6.50. The number of aromatic carboxylic acids is 1. The van der Waals surface area contributed by atoms with Gasteiger partial charge in [-0.05, 0) is 65.9 Å². The number of amidine groups is 1. The molecule has 3 aromatic rings. The van der Waals surface area contributed by atoms with Crippen LogP contribution in [0.3, 0.4) is 0 Å². The van der Waals surface area contributed by atoms with Crippen LogP contribution in [0, 0.1) is 0 Å². The topological polar surface area (TPSA) is 79.2 Å². The lowest BCUT2D eigenvalue weighted by atomic mass is 10.1. The molecule has 6 nitrogen and oxygen atoms in total. The molecule has 3 aromatic carbocycles. The van der Waals surface area contributed by atoms with E-state index in [4.69, 9.17) is 33.0 Å². The number of carboxylic acid groups (broad SMARTS) is 1. The van der Waals surface area contributed by atoms with Gasteiger partial charge >= 0.3 is 5.97 Å². The average Bonchev–Trinajstić information content (AvgIpc) is 3.08. The van der Waals surface area contributed by atoms with Gasteiger partial charge in [-0.2, -0.15) is 0 Å². The second kappa shape index (κ2) is 10.3. The Labute approximate surface area is 210 Å². The number of hydrogen-bond donors (Lipinski definition) is 1. The number of halogens is 2. The molecule has 9 heteroatoms. The van der Waals surface area contributed by atoms with Gasteiger partial charge in [-0.25, -0.2) is 9.79 Å². The minimum absolute atomic E-state index is 0.172. The number of para-hydroxylation sites is 1. The third-order valence-corrected chi connectivity index (χ3v) is 6.73. The molecule has 1 heterocycles. The molecular formula is C25H18Cl2N2O4S. The fourth-order valence-electron chi connectivity index (χ4n) is 3.10. The normalized spacial score (nSPS) is 15.9. The molecule has 34 heavy (non-hydrogen) atoms. The van der Waals surface area contributed by atoms with Crippen LogP contribution in [-0.2, 0) is 11.4 Å². The largest absolute Gasteiger partial charge is 0.488 e.